The molecule has 1 aromatic heterocycles. The van der Waals surface area contributed by atoms with Gasteiger partial charge in [-0.05, 0) is 66.8 Å². The number of aromatic carboxylic acids is 1. The third kappa shape index (κ3) is 4.55. The number of nitrogens with one attached hydrogen (secondary N) is 1. The predicted octanol–water partition coefficient (Wildman–Crippen LogP) is 5.39. The standard InChI is InChI=1S/C25H32N2O4S/c1-15-13-25(2,3)14-19-20(15)21(24(29)30)23(32-19)26-22(28)16-5-7-17(8-6-16)27(4)18-9-11-31-12-10-18/h5-8,15,18H,9-14H2,1-4H3,(H,26,28)(H,29,30). The van der Waals surface area contributed by atoms with Crippen molar-refractivity contribution in [1.29, 1.82) is 0 Å². The van der Waals surface area contributed by atoms with Crippen LogP contribution in [-0.4, -0.2) is 43.3 Å². The summed E-state index contributed by atoms with van der Waals surface area (Å²) in [5.41, 5.74) is 2.86. The molecule has 1 unspecified atom stereocenters. The molecule has 4 rings (SSSR count). The molecule has 2 heterocycles. The van der Waals surface area contributed by atoms with E-state index in [1.54, 1.807) is 12.1 Å². The minimum absolute atomic E-state index is 0.126. The van der Waals surface area contributed by atoms with Crippen LogP contribution in [0.5, 0.6) is 0 Å². The van der Waals surface area contributed by atoms with Crippen LogP contribution >= 0.6 is 11.3 Å². The number of fused-ring (bicyclic) bond motifs is 1. The molecule has 7 heteroatoms. The number of carboxylic acids is 1. The number of ether oxygens (including phenoxy) is 1. The molecule has 0 spiro atoms. The van der Waals surface area contributed by atoms with Crippen molar-refractivity contribution in [2.75, 3.05) is 30.5 Å². The summed E-state index contributed by atoms with van der Waals surface area (Å²) in [7, 11) is 2.07. The number of anilines is 2. The summed E-state index contributed by atoms with van der Waals surface area (Å²) < 4.78 is 5.45. The molecule has 1 aliphatic carbocycles. The first kappa shape index (κ1) is 22.8. The molecule has 1 aliphatic heterocycles. The first-order valence-corrected chi connectivity index (χ1v) is 12.1. The average molecular weight is 457 g/mol. The maximum atomic E-state index is 13.0. The number of thiophene rings is 1. The van der Waals surface area contributed by atoms with Crippen molar-refractivity contribution in [3.05, 3.63) is 45.8 Å². The van der Waals surface area contributed by atoms with E-state index in [-0.39, 0.29) is 22.8 Å². The first-order chi connectivity index (χ1) is 15.2. The van der Waals surface area contributed by atoms with Gasteiger partial charge in [0.15, 0.2) is 0 Å². The normalized spacial score (nSPS) is 20.4. The van der Waals surface area contributed by atoms with E-state index in [0.29, 0.717) is 16.6 Å². The van der Waals surface area contributed by atoms with Gasteiger partial charge in [-0.2, -0.15) is 0 Å². The molecule has 1 atom stereocenters. The molecule has 1 saturated heterocycles. The van der Waals surface area contributed by atoms with Gasteiger partial charge in [-0.3, -0.25) is 4.79 Å². The molecule has 2 aliphatic rings. The third-order valence-electron chi connectivity index (χ3n) is 6.73. The van der Waals surface area contributed by atoms with Gasteiger partial charge in [0.05, 0.1) is 5.56 Å². The highest BCUT2D eigenvalue weighted by atomic mass is 32.1. The van der Waals surface area contributed by atoms with Gasteiger partial charge < -0.3 is 20.1 Å². The SMILES string of the molecule is CC1CC(C)(C)Cc2sc(NC(=O)c3ccc(N(C)C4CCOCC4)cc3)c(C(=O)O)c21. The highest BCUT2D eigenvalue weighted by molar-refractivity contribution is 7.17. The molecular weight excluding hydrogens is 424 g/mol. The maximum Gasteiger partial charge on any atom is 0.339 e. The largest absolute Gasteiger partial charge is 0.478 e. The topological polar surface area (TPSA) is 78.9 Å². The van der Waals surface area contributed by atoms with Gasteiger partial charge in [0.1, 0.15) is 5.00 Å². The van der Waals surface area contributed by atoms with E-state index in [4.69, 9.17) is 4.74 Å². The fraction of sp³-hybridized carbons (Fsp3) is 0.520. The summed E-state index contributed by atoms with van der Waals surface area (Å²) in [4.78, 5) is 28.4. The summed E-state index contributed by atoms with van der Waals surface area (Å²) in [5.74, 6) is -1.10. The Morgan fingerprint density at radius 1 is 1.19 bits per heavy atom. The lowest BCUT2D eigenvalue weighted by atomic mass is 9.72. The van der Waals surface area contributed by atoms with Gasteiger partial charge >= 0.3 is 5.97 Å². The summed E-state index contributed by atoms with van der Waals surface area (Å²) in [6.45, 7) is 8.07. The van der Waals surface area contributed by atoms with Gasteiger partial charge in [0.2, 0.25) is 0 Å². The molecule has 0 bridgehead atoms. The molecule has 1 aromatic carbocycles. The fourth-order valence-electron chi connectivity index (χ4n) is 5.19. The van der Waals surface area contributed by atoms with Crippen molar-refractivity contribution in [2.24, 2.45) is 5.41 Å². The van der Waals surface area contributed by atoms with Gasteiger partial charge in [-0.1, -0.05) is 20.8 Å². The van der Waals surface area contributed by atoms with E-state index in [1.165, 1.54) is 11.3 Å². The Bertz CT molecular complexity index is 1010. The second kappa shape index (κ2) is 8.87. The number of carbonyl (C=O) groups excluding carboxylic acids is 1. The number of carboxylic acid groups (broad SMARTS) is 1. The third-order valence-corrected chi connectivity index (χ3v) is 7.85. The quantitative estimate of drug-likeness (QED) is 0.631. The zero-order valence-electron chi connectivity index (χ0n) is 19.2. The fourth-order valence-corrected chi connectivity index (χ4v) is 6.75. The summed E-state index contributed by atoms with van der Waals surface area (Å²) in [5, 5.41) is 13.2. The second-order valence-electron chi connectivity index (χ2n) is 9.85. The van der Waals surface area contributed by atoms with Gasteiger partial charge in [-0.15, -0.1) is 11.3 Å². The highest BCUT2D eigenvalue weighted by Crippen LogP contribution is 2.49. The average Bonchev–Trinajstić information content (AvgIpc) is 3.11. The minimum Gasteiger partial charge on any atom is -0.478 e. The highest BCUT2D eigenvalue weighted by Gasteiger charge is 2.36. The second-order valence-corrected chi connectivity index (χ2v) is 11.0. The van der Waals surface area contributed by atoms with Crippen molar-refractivity contribution < 1.29 is 19.4 Å². The van der Waals surface area contributed by atoms with Gasteiger partial charge in [-0.25, -0.2) is 4.79 Å². The zero-order chi connectivity index (χ0) is 23.0. The number of hydrogen-bond acceptors (Lipinski definition) is 5. The number of rotatable bonds is 5. The molecule has 1 amide bonds. The summed E-state index contributed by atoms with van der Waals surface area (Å²) in [6, 6.07) is 7.95. The van der Waals surface area contributed by atoms with Crippen LogP contribution in [0.4, 0.5) is 10.7 Å². The van der Waals surface area contributed by atoms with Crippen LogP contribution in [0.15, 0.2) is 24.3 Å². The maximum absolute atomic E-state index is 13.0. The molecule has 172 valence electrons. The Kier molecular flexibility index (Phi) is 6.32. The van der Waals surface area contributed by atoms with Crippen LogP contribution < -0.4 is 10.2 Å². The van der Waals surface area contributed by atoms with E-state index in [0.717, 1.165) is 55.0 Å². The zero-order valence-corrected chi connectivity index (χ0v) is 20.1. The molecule has 2 N–H and O–H groups in total. The molecule has 0 saturated carbocycles. The van der Waals surface area contributed by atoms with Crippen LogP contribution in [-0.2, 0) is 11.2 Å². The van der Waals surface area contributed by atoms with Gasteiger partial charge in [0, 0.05) is 42.4 Å². The predicted molar refractivity (Wildman–Crippen MR) is 128 cm³/mol. The van der Waals surface area contributed by atoms with Crippen LogP contribution in [0.1, 0.15) is 77.1 Å². The van der Waals surface area contributed by atoms with Crippen LogP contribution in [0.3, 0.4) is 0 Å². The number of carbonyl (C=O) groups is 2. The lowest BCUT2D eigenvalue weighted by molar-refractivity contribution is 0.0695. The van der Waals surface area contributed by atoms with E-state index in [2.05, 4.69) is 38.0 Å². The molecule has 1 fully saturated rings. The molecule has 6 nitrogen and oxygen atoms in total. The minimum atomic E-state index is -0.974. The number of hydrogen-bond donors (Lipinski definition) is 2. The number of nitrogens with zero attached hydrogens (tertiary/aromatic N) is 1. The Morgan fingerprint density at radius 2 is 1.84 bits per heavy atom. The van der Waals surface area contributed by atoms with Crippen LogP contribution in [0.25, 0.3) is 0 Å². The summed E-state index contributed by atoms with van der Waals surface area (Å²) >= 11 is 1.41. The summed E-state index contributed by atoms with van der Waals surface area (Å²) in [6.07, 6.45) is 3.76. The number of benzene rings is 1. The Morgan fingerprint density at radius 3 is 2.47 bits per heavy atom. The molecule has 2 aromatic rings. The lowest BCUT2D eigenvalue weighted by Crippen LogP contribution is -2.36. The van der Waals surface area contributed by atoms with E-state index in [1.807, 2.05) is 12.1 Å². The van der Waals surface area contributed by atoms with Crippen LogP contribution in [0, 0.1) is 5.41 Å². The Hall–Kier alpha value is -2.38. The van der Waals surface area contributed by atoms with Crippen molar-refractivity contribution in [1.82, 2.24) is 0 Å². The Balaban J connectivity index is 1.53. The van der Waals surface area contributed by atoms with Crippen LogP contribution in [0.2, 0.25) is 0 Å². The Labute approximate surface area is 193 Å². The van der Waals surface area contributed by atoms with Crippen molar-refractivity contribution in [3.63, 3.8) is 0 Å². The smallest absolute Gasteiger partial charge is 0.339 e. The number of amides is 1. The van der Waals surface area contributed by atoms with Crippen molar-refractivity contribution in [3.8, 4) is 0 Å². The molecule has 0 radical (unpaired) electrons. The monoisotopic (exact) mass is 456 g/mol. The van der Waals surface area contributed by atoms with E-state index >= 15 is 0 Å². The van der Waals surface area contributed by atoms with E-state index < -0.39 is 5.97 Å². The lowest BCUT2D eigenvalue weighted by Gasteiger charge is -2.33. The molecule has 32 heavy (non-hydrogen) atoms. The van der Waals surface area contributed by atoms with Gasteiger partial charge in [0.25, 0.3) is 5.91 Å². The molecular formula is C25H32N2O4S. The van der Waals surface area contributed by atoms with Crippen molar-refractivity contribution >= 4 is 33.9 Å². The van der Waals surface area contributed by atoms with Crippen molar-refractivity contribution in [2.45, 2.75) is 58.4 Å². The first-order valence-electron chi connectivity index (χ1n) is 11.3. The van der Waals surface area contributed by atoms with E-state index in [9.17, 15) is 14.7 Å².